The summed E-state index contributed by atoms with van der Waals surface area (Å²) in [6, 6.07) is 73.8. The molecule has 0 unspecified atom stereocenters. The summed E-state index contributed by atoms with van der Waals surface area (Å²) >= 11 is 0. The third kappa shape index (κ3) is 7.04. The number of nitrogens with zero attached hydrogens (tertiary/aromatic N) is 3. The highest BCUT2D eigenvalue weighted by Gasteiger charge is 2.52. The van der Waals surface area contributed by atoms with Crippen LogP contribution in [0.15, 0.2) is 205 Å². The van der Waals surface area contributed by atoms with Gasteiger partial charge in [0, 0.05) is 50.7 Å². The minimum absolute atomic E-state index is 0.00257. The van der Waals surface area contributed by atoms with Crippen LogP contribution in [0.2, 0.25) is 0 Å². The molecular weight excluding hydrogens is 838 g/mol. The number of anilines is 9. The van der Waals surface area contributed by atoms with Crippen molar-refractivity contribution in [2.24, 2.45) is 0 Å². The van der Waals surface area contributed by atoms with Gasteiger partial charge in [0.25, 0.3) is 6.71 Å². The molecule has 0 fully saturated rings. The summed E-state index contributed by atoms with van der Waals surface area (Å²) in [5, 5.41) is 0. The van der Waals surface area contributed by atoms with E-state index in [9.17, 15) is 0 Å². The average molecular weight is 896 g/mol. The van der Waals surface area contributed by atoms with Crippen molar-refractivity contribution in [1.82, 2.24) is 0 Å². The van der Waals surface area contributed by atoms with Crippen molar-refractivity contribution < 1.29 is 4.42 Å². The standard InChI is InChI=1S/C64H58BN3O/c1-62(2,3)46-33-35-49(36-34-46)67-55-41-50(66(47-26-16-10-17-27-47)48-28-18-11-19-29-48)42-56-58(55)65(61-59(67)57-60(69-61)64(6,7)39-38-63(57,4)5)52-37-32-45(43-22-12-8-13-23-43)40-54(52)68(56)53-31-21-20-30-51(53)44-24-14-9-15-25-44/h8-37,40-42H,38-39H2,1-7H3. The van der Waals surface area contributed by atoms with Crippen molar-refractivity contribution in [3.63, 3.8) is 0 Å². The van der Waals surface area contributed by atoms with Crippen molar-refractivity contribution >= 4 is 74.5 Å². The fraction of sp³-hybridized carbons (Fsp3) is 0.188. The van der Waals surface area contributed by atoms with E-state index >= 15 is 0 Å². The van der Waals surface area contributed by atoms with Crippen LogP contribution in [0.4, 0.5) is 51.2 Å². The molecule has 0 saturated heterocycles. The third-order valence-electron chi connectivity index (χ3n) is 15.2. The van der Waals surface area contributed by atoms with E-state index in [1.165, 1.54) is 44.4 Å². The number of benzene rings is 8. The molecule has 0 amide bonds. The van der Waals surface area contributed by atoms with Gasteiger partial charge in [-0.05, 0) is 118 Å². The van der Waals surface area contributed by atoms with Gasteiger partial charge in [-0.15, -0.1) is 0 Å². The van der Waals surface area contributed by atoms with Crippen molar-refractivity contribution in [1.29, 1.82) is 0 Å². The minimum Gasteiger partial charge on any atom is -0.472 e. The molecule has 2 aliphatic heterocycles. The zero-order chi connectivity index (χ0) is 47.2. The highest BCUT2D eigenvalue weighted by Crippen LogP contribution is 2.56. The summed E-state index contributed by atoms with van der Waals surface area (Å²) in [4.78, 5) is 7.59. The summed E-state index contributed by atoms with van der Waals surface area (Å²) in [7, 11) is 0. The minimum atomic E-state index is -0.191. The molecule has 4 nitrogen and oxygen atoms in total. The number of furan rings is 1. The monoisotopic (exact) mass is 895 g/mol. The van der Waals surface area contributed by atoms with Gasteiger partial charge in [-0.3, -0.25) is 0 Å². The van der Waals surface area contributed by atoms with Crippen molar-refractivity contribution in [3.8, 4) is 22.3 Å². The molecule has 338 valence electrons. The lowest BCUT2D eigenvalue weighted by molar-refractivity contribution is 0.282. The molecule has 12 rings (SSSR count). The predicted molar refractivity (Wildman–Crippen MR) is 292 cm³/mol. The van der Waals surface area contributed by atoms with Crippen LogP contribution in [-0.2, 0) is 16.2 Å². The second kappa shape index (κ2) is 16.1. The summed E-state index contributed by atoms with van der Waals surface area (Å²) in [5.74, 6) is 1.11. The van der Waals surface area contributed by atoms with Crippen LogP contribution in [-0.4, -0.2) is 6.71 Å². The SMILES string of the molecule is CC(C)(C)c1ccc(N2c3cc(N(c4ccccc4)c4ccccc4)cc4c3B(c3ccc(-c5ccccc5)cc3N4c3ccccc3-c3ccccc3)c3oc4c(c32)C(C)(C)CCC4(C)C)cc1. The van der Waals surface area contributed by atoms with Gasteiger partial charge in [-0.25, -0.2) is 0 Å². The van der Waals surface area contributed by atoms with E-state index in [2.05, 4.69) is 263 Å². The van der Waals surface area contributed by atoms with Gasteiger partial charge in [0.2, 0.25) is 0 Å². The lowest BCUT2D eigenvalue weighted by atomic mass is 9.35. The summed E-state index contributed by atoms with van der Waals surface area (Å²) in [6.07, 6.45) is 2.12. The maximum atomic E-state index is 7.71. The van der Waals surface area contributed by atoms with Gasteiger partial charge in [-0.1, -0.05) is 188 Å². The third-order valence-corrected chi connectivity index (χ3v) is 15.2. The van der Waals surface area contributed by atoms with Gasteiger partial charge in [-0.2, -0.15) is 0 Å². The summed E-state index contributed by atoms with van der Waals surface area (Å²) in [5.41, 5.74) is 20.6. The predicted octanol–water partition coefficient (Wildman–Crippen LogP) is 15.8. The molecule has 9 aromatic rings. The smallest absolute Gasteiger partial charge is 0.297 e. The Labute approximate surface area is 408 Å². The lowest BCUT2D eigenvalue weighted by Crippen LogP contribution is -2.61. The largest absolute Gasteiger partial charge is 0.472 e. The molecule has 0 N–H and O–H groups in total. The summed E-state index contributed by atoms with van der Waals surface area (Å²) in [6.45, 7) is 16.3. The van der Waals surface area contributed by atoms with Gasteiger partial charge in [0.15, 0.2) is 0 Å². The molecule has 1 aromatic heterocycles. The van der Waals surface area contributed by atoms with E-state index in [0.29, 0.717) is 0 Å². The Morgan fingerprint density at radius 2 is 1.04 bits per heavy atom. The fourth-order valence-electron chi connectivity index (χ4n) is 11.5. The van der Waals surface area contributed by atoms with E-state index in [4.69, 9.17) is 4.42 Å². The Kier molecular flexibility index (Phi) is 9.97. The Bertz CT molecular complexity index is 3330. The Balaban J connectivity index is 1.25. The van der Waals surface area contributed by atoms with Crippen LogP contribution >= 0.6 is 0 Å². The van der Waals surface area contributed by atoms with Crippen LogP contribution in [0.3, 0.4) is 0 Å². The van der Waals surface area contributed by atoms with Crippen LogP contribution in [0.25, 0.3) is 22.3 Å². The first-order valence-electron chi connectivity index (χ1n) is 24.7. The molecule has 0 radical (unpaired) electrons. The number of para-hydroxylation sites is 3. The maximum absolute atomic E-state index is 7.71. The molecule has 5 heteroatoms. The molecule has 69 heavy (non-hydrogen) atoms. The highest BCUT2D eigenvalue weighted by atomic mass is 16.3. The van der Waals surface area contributed by atoms with E-state index in [1.807, 2.05) is 0 Å². The van der Waals surface area contributed by atoms with Crippen molar-refractivity contribution in [2.75, 3.05) is 14.7 Å². The molecule has 0 atom stereocenters. The Morgan fingerprint density at radius 3 is 1.67 bits per heavy atom. The van der Waals surface area contributed by atoms with Crippen LogP contribution in [0, 0.1) is 0 Å². The first-order valence-corrected chi connectivity index (χ1v) is 24.7. The van der Waals surface area contributed by atoms with Gasteiger partial charge < -0.3 is 19.1 Å². The fourth-order valence-corrected chi connectivity index (χ4v) is 11.5. The number of hydrogen-bond donors (Lipinski definition) is 0. The Morgan fingerprint density at radius 1 is 0.493 bits per heavy atom. The van der Waals surface area contributed by atoms with Crippen LogP contribution in [0.1, 0.15) is 78.2 Å². The first kappa shape index (κ1) is 42.8. The first-order chi connectivity index (χ1) is 33.4. The number of hydrogen-bond acceptors (Lipinski definition) is 4. The molecule has 0 spiro atoms. The van der Waals surface area contributed by atoms with E-state index < -0.39 is 0 Å². The number of rotatable bonds is 7. The molecular formula is C64H58BN3O. The zero-order valence-corrected chi connectivity index (χ0v) is 40.8. The summed E-state index contributed by atoms with van der Waals surface area (Å²) < 4.78 is 7.71. The molecule has 0 saturated carbocycles. The lowest BCUT2D eigenvalue weighted by Gasteiger charge is -2.45. The van der Waals surface area contributed by atoms with Crippen LogP contribution in [0.5, 0.6) is 0 Å². The van der Waals surface area contributed by atoms with E-state index in [-0.39, 0.29) is 23.0 Å². The van der Waals surface area contributed by atoms with Gasteiger partial charge in [0.05, 0.1) is 22.7 Å². The molecule has 3 heterocycles. The van der Waals surface area contributed by atoms with Crippen LogP contribution < -0.4 is 31.3 Å². The topological polar surface area (TPSA) is 22.9 Å². The second-order valence-electron chi connectivity index (χ2n) is 21.6. The van der Waals surface area contributed by atoms with E-state index in [1.54, 1.807) is 0 Å². The molecule has 1 aliphatic carbocycles. The number of fused-ring (bicyclic) bond motifs is 6. The zero-order valence-electron chi connectivity index (χ0n) is 40.8. The van der Waals surface area contributed by atoms with Crippen molar-refractivity contribution in [2.45, 2.75) is 77.6 Å². The maximum Gasteiger partial charge on any atom is 0.297 e. The van der Waals surface area contributed by atoms with Crippen molar-refractivity contribution in [3.05, 3.63) is 217 Å². The van der Waals surface area contributed by atoms with Gasteiger partial charge in [0.1, 0.15) is 5.76 Å². The Hall–Kier alpha value is -7.50. The highest BCUT2D eigenvalue weighted by molar-refractivity contribution is 6.99. The molecule has 3 aliphatic rings. The second-order valence-corrected chi connectivity index (χ2v) is 21.6. The van der Waals surface area contributed by atoms with E-state index in [0.717, 1.165) is 75.3 Å². The normalized spacial score (nSPS) is 15.2. The van der Waals surface area contributed by atoms with Gasteiger partial charge >= 0.3 is 0 Å². The quantitative estimate of drug-likeness (QED) is 0.149. The molecule has 0 bridgehead atoms. The average Bonchev–Trinajstić information content (AvgIpc) is 3.79. The molecule has 8 aromatic carbocycles.